The molecular weight excluding hydrogens is 234 g/mol. The quantitative estimate of drug-likeness (QED) is 0.719. The molecule has 0 rings (SSSR count). The standard InChI is InChI=1S/C13H25NO4/c1-6-9(2)7-8-10(14-12(16)17)11(15)18-13(3,4)5/h9-10,14H,6-8H2,1-5H3,(H,16,17). The Kier molecular flexibility index (Phi) is 6.73. The first-order valence-electron chi connectivity index (χ1n) is 6.38. The van der Waals surface area contributed by atoms with E-state index < -0.39 is 23.7 Å². The van der Waals surface area contributed by atoms with Gasteiger partial charge in [-0.25, -0.2) is 9.59 Å². The van der Waals surface area contributed by atoms with Crippen LogP contribution in [-0.2, 0) is 9.53 Å². The Hall–Kier alpha value is -1.26. The first kappa shape index (κ1) is 16.7. The molecule has 5 nitrogen and oxygen atoms in total. The normalized spacial score (nSPS) is 14.7. The Bertz CT molecular complexity index is 283. The van der Waals surface area contributed by atoms with Crippen LogP contribution in [0.4, 0.5) is 4.79 Å². The maximum absolute atomic E-state index is 11.8. The zero-order valence-corrected chi connectivity index (χ0v) is 11.9. The highest BCUT2D eigenvalue weighted by Gasteiger charge is 2.26. The highest BCUT2D eigenvalue weighted by molar-refractivity contribution is 5.80. The number of hydrogen-bond acceptors (Lipinski definition) is 3. The van der Waals surface area contributed by atoms with Crippen LogP contribution >= 0.6 is 0 Å². The molecule has 0 saturated carbocycles. The second-order valence-electron chi connectivity index (χ2n) is 5.63. The minimum Gasteiger partial charge on any atom is -0.465 e. The number of esters is 1. The highest BCUT2D eigenvalue weighted by Crippen LogP contribution is 2.15. The van der Waals surface area contributed by atoms with Gasteiger partial charge in [0.1, 0.15) is 11.6 Å². The number of carbonyl (C=O) groups excluding carboxylic acids is 1. The fraction of sp³-hybridized carbons (Fsp3) is 0.846. The molecule has 0 spiro atoms. The molecule has 0 saturated heterocycles. The lowest BCUT2D eigenvalue weighted by atomic mass is 9.99. The number of carboxylic acid groups (broad SMARTS) is 1. The molecule has 18 heavy (non-hydrogen) atoms. The van der Waals surface area contributed by atoms with Gasteiger partial charge in [0.15, 0.2) is 0 Å². The largest absolute Gasteiger partial charge is 0.465 e. The van der Waals surface area contributed by atoms with Crippen molar-refractivity contribution >= 4 is 12.1 Å². The molecule has 2 unspecified atom stereocenters. The first-order valence-corrected chi connectivity index (χ1v) is 6.38. The fourth-order valence-electron chi connectivity index (χ4n) is 1.43. The monoisotopic (exact) mass is 259 g/mol. The fourth-order valence-corrected chi connectivity index (χ4v) is 1.43. The molecule has 5 heteroatoms. The summed E-state index contributed by atoms with van der Waals surface area (Å²) in [4.78, 5) is 22.5. The third kappa shape index (κ3) is 7.92. The SMILES string of the molecule is CCC(C)CCC(NC(=O)O)C(=O)OC(C)(C)C. The molecule has 0 aromatic rings. The van der Waals surface area contributed by atoms with Crippen molar-refractivity contribution in [1.29, 1.82) is 0 Å². The van der Waals surface area contributed by atoms with Crippen molar-refractivity contribution in [3.8, 4) is 0 Å². The van der Waals surface area contributed by atoms with Crippen LogP contribution in [0.15, 0.2) is 0 Å². The third-order valence-electron chi connectivity index (χ3n) is 2.63. The van der Waals surface area contributed by atoms with Crippen LogP contribution in [-0.4, -0.2) is 28.8 Å². The van der Waals surface area contributed by atoms with Crippen molar-refractivity contribution in [2.45, 2.75) is 65.5 Å². The summed E-state index contributed by atoms with van der Waals surface area (Å²) in [6.45, 7) is 9.43. The van der Waals surface area contributed by atoms with Gasteiger partial charge in [-0.3, -0.25) is 0 Å². The average Bonchev–Trinajstić information content (AvgIpc) is 2.20. The van der Waals surface area contributed by atoms with E-state index in [9.17, 15) is 9.59 Å². The topological polar surface area (TPSA) is 75.6 Å². The predicted molar refractivity (Wildman–Crippen MR) is 69.5 cm³/mol. The van der Waals surface area contributed by atoms with Gasteiger partial charge in [-0.2, -0.15) is 0 Å². The molecule has 0 aliphatic carbocycles. The van der Waals surface area contributed by atoms with Gasteiger partial charge in [0, 0.05) is 0 Å². The molecule has 0 heterocycles. The van der Waals surface area contributed by atoms with E-state index in [1.165, 1.54) is 0 Å². The van der Waals surface area contributed by atoms with E-state index >= 15 is 0 Å². The van der Waals surface area contributed by atoms with Gasteiger partial charge >= 0.3 is 12.1 Å². The number of ether oxygens (including phenoxy) is 1. The number of carbonyl (C=O) groups is 2. The summed E-state index contributed by atoms with van der Waals surface area (Å²) in [5.74, 6) is -0.0428. The van der Waals surface area contributed by atoms with E-state index in [1.807, 2.05) is 0 Å². The number of nitrogens with one attached hydrogen (secondary N) is 1. The molecule has 0 aliphatic rings. The Balaban J connectivity index is 4.47. The minimum atomic E-state index is -1.20. The molecule has 106 valence electrons. The van der Waals surface area contributed by atoms with E-state index in [1.54, 1.807) is 20.8 Å². The van der Waals surface area contributed by atoms with Gasteiger partial charge in [-0.1, -0.05) is 20.3 Å². The Labute approximate surface area is 109 Å². The first-order chi connectivity index (χ1) is 8.15. The Morgan fingerprint density at radius 3 is 2.22 bits per heavy atom. The average molecular weight is 259 g/mol. The van der Waals surface area contributed by atoms with E-state index in [0.29, 0.717) is 12.3 Å². The van der Waals surface area contributed by atoms with Gasteiger partial charge in [-0.05, 0) is 39.5 Å². The lowest BCUT2D eigenvalue weighted by Crippen LogP contribution is -2.43. The van der Waals surface area contributed by atoms with Crippen LogP contribution in [0.1, 0.15) is 53.9 Å². The smallest absolute Gasteiger partial charge is 0.405 e. The summed E-state index contributed by atoms with van der Waals surface area (Å²) >= 11 is 0. The second kappa shape index (κ2) is 7.24. The molecular formula is C13H25NO4. The Morgan fingerprint density at radius 1 is 1.28 bits per heavy atom. The number of amides is 1. The second-order valence-corrected chi connectivity index (χ2v) is 5.63. The summed E-state index contributed by atoms with van der Waals surface area (Å²) in [5, 5.41) is 11.0. The van der Waals surface area contributed by atoms with E-state index in [-0.39, 0.29) is 0 Å². The van der Waals surface area contributed by atoms with Crippen molar-refractivity contribution in [2.75, 3.05) is 0 Å². The minimum absolute atomic E-state index is 0.463. The van der Waals surface area contributed by atoms with Crippen molar-refractivity contribution < 1.29 is 19.4 Å². The van der Waals surface area contributed by atoms with Crippen LogP contribution in [0.25, 0.3) is 0 Å². The lowest BCUT2D eigenvalue weighted by molar-refractivity contribution is -0.157. The Morgan fingerprint density at radius 2 is 1.83 bits per heavy atom. The van der Waals surface area contributed by atoms with Crippen molar-refractivity contribution in [3.63, 3.8) is 0 Å². The van der Waals surface area contributed by atoms with Crippen LogP contribution in [0, 0.1) is 5.92 Å². The van der Waals surface area contributed by atoms with Crippen molar-refractivity contribution in [3.05, 3.63) is 0 Å². The third-order valence-corrected chi connectivity index (χ3v) is 2.63. The molecule has 0 bridgehead atoms. The highest BCUT2D eigenvalue weighted by atomic mass is 16.6. The molecule has 2 atom stereocenters. The summed E-state index contributed by atoms with van der Waals surface area (Å²) in [6, 6.07) is -0.782. The van der Waals surface area contributed by atoms with E-state index in [2.05, 4.69) is 19.2 Å². The molecule has 0 aromatic heterocycles. The van der Waals surface area contributed by atoms with Crippen LogP contribution < -0.4 is 5.32 Å². The lowest BCUT2D eigenvalue weighted by Gasteiger charge is -2.24. The maximum Gasteiger partial charge on any atom is 0.405 e. The molecule has 0 fully saturated rings. The van der Waals surface area contributed by atoms with Crippen LogP contribution in [0.2, 0.25) is 0 Å². The summed E-state index contributed by atoms with van der Waals surface area (Å²) in [6.07, 6.45) is 1.07. The van der Waals surface area contributed by atoms with Crippen molar-refractivity contribution in [2.24, 2.45) is 5.92 Å². The molecule has 0 aromatic carbocycles. The summed E-state index contributed by atoms with van der Waals surface area (Å²) in [7, 11) is 0. The zero-order valence-electron chi connectivity index (χ0n) is 11.9. The molecule has 0 aliphatic heterocycles. The zero-order chi connectivity index (χ0) is 14.3. The van der Waals surface area contributed by atoms with Crippen LogP contribution in [0.3, 0.4) is 0 Å². The van der Waals surface area contributed by atoms with E-state index in [0.717, 1.165) is 12.8 Å². The van der Waals surface area contributed by atoms with E-state index in [4.69, 9.17) is 9.84 Å². The molecule has 2 N–H and O–H groups in total. The maximum atomic E-state index is 11.8. The van der Waals surface area contributed by atoms with Gasteiger partial charge < -0.3 is 15.2 Å². The number of hydrogen-bond donors (Lipinski definition) is 2. The predicted octanol–water partition coefficient (Wildman–Crippen LogP) is 2.79. The molecule has 1 amide bonds. The van der Waals surface area contributed by atoms with Gasteiger partial charge in [-0.15, -0.1) is 0 Å². The summed E-state index contributed by atoms with van der Waals surface area (Å²) < 4.78 is 5.20. The van der Waals surface area contributed by atoms with Gasteiger partial charge in [0.25, 0.3) is 0 Å². The molecule has 0 radical (unpaired) electrons. The van der Waals surface area contributed by atoms with Gasteiger partial charge in [0.2, 0.25) is 0 Å². The number of rotatable bonds is 6. The summed E-state index contributed by atoms with van der Waals surface area (Å²) in [5.41, 5.74) is -0.605. The van der Waals surface area contributed by atoms with Gasteiger partial charge in [0.05, 0.1) is 0 Å². The van der Waals surface area contributed by atoms with Crippen LogP contribution in [0.5, 0.6) is 0 Å². The van der Waals surface area contributed by atoms with Crippen molar-refractivity contribution in [1.82, 2.24) is 5.32 Å².